The Bertz CT molecular complexity index is 375. The Kier molecular flexibility index (Phi) is 6.32. The van der Waals surface area contributed by atoms with Gasteiger partial charge in [0.2, 0.25) is 0 Å². The molecule has 4 heteroatoms. The fourth-order valence-electron chi connectivity index (χ4n) is 1.07. The quantitative estimate of drug-likeness (QED) is 0.366. The van der Waals surface area contributed by atoms with E-state index in [0.717, 1.165) is 17.3 Å². The van der Waals surface area contributed by atoms with Gasteiger partial charge in [-0.1, -0.05) is 18.2 Å². The Morgan fingerprint density at radius 1 is 1.40 bits per heavy atom. The number of ketones is 1. The molecule has 0 spiro atoms. The van der Waals surface area contributed by atoms with Crippen LogP contribution in [0.4, 0.5) is 5.69 Å². The largest absolute Gasteiger partial charge is 1.00 e. The molecule has 0 bridgehead atoms. The fraction of sp³-hybridized carbons (Fsp3) is 0.182. The zero-order valence-corrected chi connectivity index (χ0v) is 11.2. The summed E-state index contributed by atoms with van der Waals surface area (Å²) >= 11 is 0. The molecule has 0 aromatic heterocycles. The molecule has 1 rings (SSSR count). The number of nitrogens with one attached hydrogen (secondary N) is 1. The van der Waals surface area contributed by atoms with Crippen LogP contribution in [0.3, 0.4) is 0 Å². The topological polar surface area (TPSA) is 52.2 Å². The third-order valence-corrected chi connectivity index (χ3v) is 1.74. The van der Waals surface area contributed by atoms with E-state index >= 15 is 0 Å². The van der Waals surface area contributed by atoms with Gasteiger partial charge in [-0.15, -0.1) is 0 Å². The summed E-state index contributed by atoms with van der Waals surface area (Å²) in [7, 11) is 0. The summed E-state index contributed by atoms with van der Waals surface area (Å²) in [5.41, 5.74) is 1.70. The van der Waals surface area contributed by atoms with E-state index in [9.17, 15) is 9.90 Å². The number of carbonyl (C=O) groups is 1. The van der Waals surface area contributed by atoms with E-state index in [1.54, 1.807) is 6.07 Å². The summed E-state index contributed by atoms with van der Waals surface area (Å²) in [6.45, 7) is 3.24. The number of anilines is 1. The summed E-state index contributed by atoms with van der Waals surface area (Å²) in [6.07, 6.45) is 1.03. The van der Waals surface area contributed by atoms with Crippen LogP contribution >= 0.6 is 0 Å². The molecule has 0 aliphatic heterocycles. The number of carbonyl (C=O) groups excluding carboxylic acids is 1. The summed E-state index contributed by atoms with van der Waals surface area (Å²) < 4.78 is 0. The summed E-state index contributed by atoms with van der Waals surface area (Å²) in [4.78, 5) is 10.6. The van der Waals surface area contributed by atoms with Crippen LogP contribution in [-0.4, -0.2) is 5.78 Å². The van der Waals surface area contributed by atoms with E-state index in [0.29, 0.717) is 0 Å². The van der Waals surface area contributed by atoms with Crippen molar-refractivity contribution in [3.8, 4) is 0 Å². The maximum Gasteiger partial charge on any atom is 1.00 e. The minimum absolute atomic E-state index is 0. The third-order valence-electron chi connectivity index (χ3n) is 1.74. The van der Waals surface area contributed by atoms with Gasteiger partial charge in [0.15, 0.2) is 5.78 Å². The molecule has 1 N–H and O–H groups in total. The van der Waals surface area contributed by atoms with Crippen molar-refractivity contribution in [3.63, 3.8) is 0 Å². The third kappa shape index (κ3) is 5.02. The van der Waals surface area contributed by atoms with Gasteiger partial charge in [-0.25, -0.2) is 0 Å². The molecule has 15 heavy (non-hydrogen) atoms. The second kappa shape index (κ2) is 6.67. The molecule has 0 saturated heterocycles. The molecule has 0 saturated carbocycles. The maximum absolute atomic E-state index is 11.2. The molecular formula is C11H12NNaO2. The molecule has 3 nitrogen and oxygen atoms in total. The molecule has 0 aliphatic carbocycles. The van der Waals surface area contributed by atoms with E-state index in [4.69, 9.17) is 0 Å². The van der Waals surface area contributed by atoms with Gasteiger partial charge in [-0.3, -0.25) is 4.79 Å². The summed E-state index contributed by atoms with van der Waals surface area (Å²) in [6, 6.07) is 7.40. The van der Waals surface area contributed by atoms with Gasteiger partial charge in [-0.05, 0) is 37.4 Å². The monoisotopic (exact) mass is 213 g/mol. The number of benzene rings is 1. The van der Waals surface area contributed by atoms with E-state index < -0.39 is 0 Å². The van der Waals surface area contributed by atoms with Gasteiger partial charge in [0, 0.05) is 5.69 Å². The molecule has 74 valence electrons. The van der Waals surface area contributed by atoms with Crippen molar-refractivity contribution in [3.05, 3.63) is 41.8 Å². The standard InChI is InChI=1S/C11H13NO2.Na/c1-8-5-3-4-6-10(8)12-11(14)7-9(2)13;/h3-7,12,14H,1-2H3;/q;+1/p-1/b11-7-;. The van der Waals surface area contributed by atoms with E-state index in [1.165, 1.54) is 6.92 Å². The van der Waals surface area contributed by atoms with Gasteiger partial charge in [0.05, 0.1) is 0 Å². The summed E-state index contributed by atoms with van der Waals surface area (Å²) in [5.74, 6) is -0.636. The molecule has 0 atom stereocenters. The van der Waals surface area contributed by atoms with Crippen LogP contribution in [-0.2, 0) is 4.79 Å². The van der Waals surface area contributed by atoms with Gasteiger partial charge in [-0.2, -0.15) is 0 Å². The smallest absolute Gasteiger partial charge is 0.860 e. The Balaban J connectivity index is 0.00000196. The minimum Gasteiger partial charge on any atom is -0.860 e. The molecule has 0 amide bonds. The van der Waals surface area contributed by atoms with Crippen LogP contribution < -0.4 is 40.0 Å². The van der Waals surface area contributed by atoms with Crippen molar-refractivity contribution in [2.45, 2.75) is 13.8 Å². The Morgan fingerprint density at radius 2 is 2.00 bits per heavy atom. The number of para-hydroxylation sites is 1. The first-order valence-corrected chi connectivity index (χ1v) is 4.31. The van der Waals surface area contributed by atoms with Crippen LogP contribution in [0.5, 0.6) is 0 Å². The van der Waals surface area contributed by atoms with Gasteiger partial charge in [0.1, 0.15) is 0 Å². The van der Waals surface area contributed by atoms with Gasteiger partial charge in [0.25, 0.3) is 0 Å². The van der Waals surface area contributed by atoms with Gasteiger partial charge < -0.3 is 10.4 Å². The van der Waals surface area contributed by atoms with Crippen molar-refractivity contribution in [1.82, 2.24) is 0 Å². The first-order valence-electron chi connectivity index (χ1n) is 4.31. The van der Waals surface area contributed by atoms with Crippen LogP contribution in [0.1, 0.15) is 12.5 Å². The Labute approximate surface area is 111 Å². The Hall–Kier alpha value is -0.770. The predicted molar refractivity (Wildman–Crippen MR) is 53.6 cm³/mol. The van der Waals surface area contributed by atoms with Crippen molar-refractivity contribution >= 4 is 11.5 Å². The molecular weight excluding hydrogens is 201 g/mol. The average Bonchev–Trinajstić information content (AvgIpc) is 2.07. The summed E-state index contributed by atoms with van der Waals surface area (Å²) in [5, 5.41) is 13.8. The molecule has 0 heterocycles. The van der Waals surface area contributed by atoms with E-state index in [1.807, 2.05) is 25.1 Å². The van der Waals surface area contributed by atoms with Gasteiger partial charge >= 0.3 is 29.6 Å². The van der Waals surface area contributed by atoms with Crippen LogP contribution in [0.25, 0.3) is 0 Å². The predicted octanol–water partition coefficient (Wildman–Crippen LogP) is -1.80. The van der Waals surface area contributed by atoms with Crippen LogP contribution in [0.15, 0.2) is 36.2 Å². The molecule has 0 aliphatic rings. The number of hydrogen-bond donors (Lipinski definition) is 1. The maximum atomic E-state index is 11.2. The van der Waals surface area contributed by atoms with Crippen molar-refractivity contribution < 1.29 is 39.5 Å². The fourth-order valence-corrected chi connectivity index (χ4v) is 1.07. The normalized spacial score (nSPS) is 10.4. The number of rotatable bonds is 3. The van der Waals surface area contributed by atoms with E-state index in [2.05, 4.69) is 5.32 Å². The van der Waals surface area contributed by atoms with Crippen LogP contribution in [0, 0.1) is 6.92 Å². The van der Waals surface area contributed by atoms with Crippen molar-refractivity contribution in [1.29, 1.82) is 0 Å². The van der Waals surface area contributed by atoms with E-state index in [-0.39, 0.29) is 41.2 Å². The number of aryl methyl sites for hydroxylation is 1. The van der Waals surface area contributed by atoms with Crippen LogP contribution in [0.2, 0.25) is 0 Å². The second-order valence-corrected chi connectivity index (χ2v) is 3.06. The first-order chi connectivity index (χ1) is 6.59. The molecule has 1 aromatic rings. The SMILES string of the molecule is CC(=O)/C=C(\[O-])Nc1ccccc1C.[Na+]. The number of allylic oxidation sites excluding steroid dienone is 1. The second-order valence-electron chi connectivity index (χ2n) is 3.06. The molecule has 0 fully saturated rings. The zero-order chi connectivity index (χ0) is 10.6. The molecule has 1 aromatic carbocycles. The zero-order valence-electron chi connectivity index (χ0n) is 9.20. The molecule has 0 radical (unpaired) electrons. The Morgan fingerprint density at radius 3 is 2.53 bits per heavy atom. The van der Waals surface area contributed by atoms with Crippen molar-refractivity contribution in [2.75, 3.05) is 5.32 Å². The first kappa shape index (κ1) is 14.2. The average molecular weight is 213 g/mol. The van der Waals surface area contributed by atoms with Crippen molar-refractivity contribution in [2.24, 2.45) is 0 Å². The minimum atomic E-state index is -0.383. The molecule has 0 unspecified atom stereocenters. The number of hydrogen-bond acceptors (Lipinski definition) is 3.